The molecule has 0 fully saturated rings. The van der Waals surface area contributed by atoms with Gasteiger partial charge in [0.1, 0.15) is 0 Å². The van der Waals surface area contributed by atoms with Crippen molar-refractivity contribution < 1.29 is 0 Å². The molecule has 1 nitrogen and oxygen atoms in total. The lowest BCUT2D eigenvalue weighted by Gasteiger charge is -2.37. The van der Waals surface area contributed by atoms with Crippen LogP contribution in [0, 0.1) is 104 Å². The Morgan fingerprint density at radius 2 is 0.892 bits per heavy atom. The maximum Gasteiger partial charge on any atom is 0.0482 e. The highest BCUT2D eigenvalue weighted by Crippen LogP contribution is 2.47. The number of likely N-dealkylation sites (N-methyl/N-ethyl adjacent to an activating group) is 1. The molecule has 0 bridgehead atoms. The van der Waals surface area contributed by atoms with Crippen LogP contribution in [-0.4, -0.2) is 18.5 Å². The Bertz CT molecular complexity index is 2820. The van der Waals surface area contributed by atoms with E-state index in [1.54, 1.807) is 0 Å². The van der Waals surface area contributed by atoms with E-state index in [-0.39, 0.29) is 0 Å². The average Bonchev–Trinajstić information content (AvgIpc) is 3.18. The van der Waals surface area contributed by atoms with Crippen molar-refractivity contribution in [2.45, 2.75) is 124 Å². The monoisotopic (exact) mass is 858 g/mol. The molecule has 0 amide bonds. The number of rotatable bonds is 10. The SMILES string of the molecule is C=C(/C=C/c1c(C)cc(C)cc1C)/C(=C(/C)C1=C(c2c(C)cc(C)cc2C)/C(=C(C)/C(=C/C=C/c2c(C)cc(C)cc2C)c2c(C)cc(C)cc2C)N(C)CC1)c1c(C)cc(C)cc1C. The Labute approximate surface area is 394 Å². The minimum atomic E-state index is 0.896. The lowest BCUT2D eigenvalue weighted by atomic mass is 9.77. The van der Waals surface area contributed by atoms with Gasteiger partial charge in [0.25, 0.3) is 0 Å². The third-order valence-electron chi connectivity index (χ3n) is 13.8. The number of nitrogens with zero attached hydrogens (tertiary/aromatic N) is 1. The summed E-state index contributed by atoms with van der Waals surface area (Å²) in [5, 5.41) is 0. The van der Waals surface area contributed by atoms with Crippen LogP contribution in [0.2, 0.25) is 0 Å². The first-order valence-corrected chi connectivity index (χ1v) is 23.6. The summed E-state index contributed by atoms with van der Waals surface area (Å²) < 4.78 is 0. The van der Waals surface area contributed by atoms with E-state index in [9.17, 15) is 0 Å². The van der Waals surface area contributed by atoms with Crippen LogP contribution < -0.4 is 0 Å². The van der Waals surface area contributed by atoms with Crippen LogP contribution >= 0.6 is 0 Å². The number of hydrogen-bond acceptors (Lipinski definition) is 1. The van der Waals surface area contributed by atoms with E-state index in [4.69, 9.17) is 6.58 Å². The molecule has 0 radical (unpaired) electrons. The molecule has 1 aliphatic heterocycles. The van der Waals surface area contributed by atoms with Crippen molar-refractivity contribution in [3.8, 4) is 0 Å². The normalized spacial score (nSPS) is 14.9. The summed E-state index contributed by atoms with van der Waals surface area (Å²) in [7, 11) is 2.30. The molecule has 0 aromatic heterocycles. The molecule has 6 rings (SSSR count). The Hall–Kier alpha value is -5.92. The lowest BCUT2D eigenvalue weighted by Crippen LogP contribution is -2.28. The molecule has 1 heteroatoms. The summed E-state index contributed by atoms with van der Waals surface area (Å²) in [6.45, 7) is 44.2. The number of aryl methyl sites for hydroxylation is 15. The highest BCUT2D eigenvalue weighted by atomic mass is 15.1. The van der Waals surface area contributed by atoms with E-state index in [1.165, 1.54) is 150 Å². The fraction of sp³-hybridized carbons (Fsp3) is 0.312. The summed E-state index contributed by atoms with van der Waals surface area (Å²) in [6, 6.07) is 23.3. The third kappa shape index (κ3) is 10.2. The molecule has 0 spiro atoms. The van der Waals surface area contributed by atoms with Crippen LogP contribution in [0.4, 0.5) is 0 Å². The standard InChI is InChI=1S/C64H75N/c1-37-27-43(7)55(44(8)28-37)21-20-22-57(59-47(11)31-39(3)32-48(59)12)54(18)64-63(61-51(15)35-41(5)36-52(61)16)58(25-26-65(64)19)53(17)62(60-49(13)33-40(4)34-50(60)14)42(6)23-24-56-45(9)29-38(2)30-46(56)10/h20-24,27-36H,6,25-26H2,1-5,7-19H3/b21-20+,24-23+,57-22-,62-53+,64-54-. The highest BCUT2D eigenvalue weighted by Gasteiger charge is 2.31. The van der Waals surface area contributed by atoms with Crippen molar-refractivity contribution in [2.75, 3.05) is 13.6 Å². The van der Waals surface area contributed by atoms with Crippen molar-refractivity contribution in [1.82, 2.24) is 4.90 Å². The van der Waals surface area contributed by atoms with E-state index >= 15 is 0 Å². The molecule has 0 saturated heterocycles. The zero-order chi connectivity index (χ0) is 47.8. The summed E-state index contributed by atoms with van der Waals surface area (Å²) in [6.07, 6.45) is 12.5. The first-order valence-electron chi connectivity index (χ1n) is 23.6. The second-order valence-corrected chi connectivity index (χ2v) is 19.7. The third-order valence-corrected chi connectivity index (χ3v) is 13.8. The number of allylic oxidation sites excluding steroid dienone is 9. The molecule has 0 atom stereocenters. The van der Waals surface area contributed by atoms with E-state index in [0.717, 1.165) is 18.5 Å². The van der Waals surface area contributed by atoms with E-state index < -0.39 is 0 Å². The van der Waals surface area contributed by atoms with Crippen LogP contribution in [0.5, 0.6) is 0 Å². The highest BCUT2D eigenvalue weighted by molar-refractivity contribution is 5.97. The zero-order valence-electron chi connectivity index (χ0n) is 43.2. The largest absolute Gasteiger partial charge is 0.374 e. The van der Waals surface area contributed by atoms with Gasteiger partial charge in [-0.3, -0.25) is 0 Å². The van der Waals surface area contributed by atoms with Gasteiger partial charge in [-0.15, -0.1) is 0 Å². The first-order chi connectivity index (χ1) is 30.6. The fourth-order valence-corrected chi connectivity index (χ4v) is 11.4. The minimum absolute atomic E-state index is 0.896. The van der Waals surface area contributed by atoms with Crippen LogP contribution in [0.1, 0.15) is 132 Å². The quantitative estimate of drug-likeness (QED) is 0.127. The molecule has 5 aromatic rings. The second-order valence-electron chi connectivity index (χ2n) is 19.7. The molecule has 336 valence electrons. The summed E-state index contributed by atoms with van der Waals surface area (Å²) >= 11 is 0. The Balaban J connectivity index is 1.75. The number of benzene rings is 5. The Kier molecular flexibility index (Phi) is 14.7. The van der Waals surface area contributed by atoms with Gasteiger partial charge in [0.2, 0.25) is 0 Å². The molecule has 5 aromatic carbocycles. The van der Waals surface area contributed by atoms with Gasteiger partial charge in [-0.2, -0.15) is 0 Å². The molecule has 65 heavy (non-hydrogen) atoms. The summed E-state index contributed by atoms with van der Waals surface area (Å²) in [5.74, 6) is 0. The second kappa shape index (κ2) is 19.7. The van der Waals surface area contributed by atoms with Gasteiger partial charge in [-0.25, -0.2) is 0 Å². The molecule has 0 aliphatic carbocycles. The lowest BCUT2D eigenvalue weighted by molar-refractivity contribution is 0.424. The molecular formula is C64H75N. The van der Waals surface area contributed by atoms with E-state index in [2.05, 4.69) is 221 Å². The van der Waals surface area contributed by atoms with Gasteiger partial charge < -0.3 is 4.90 Å². The molecule has 0 N–H and O–H groups in total. The van der Waals surface area contributed by atoms with Crippen molar-refractivity contribution in [2.24, 2.45) is 0 Å². The molecule has 1 heterocycles. The first kappa shape index (κ1) is 48.5. The molecule has 1 aliphatic rings. The number of hydrogen-bond donors (Lipinski definition) is 0. The van der Waals surface area contributed by atoms with Gasteiger partial charge in [0.15, 0.2) is 0 Å². The van der Waals surface area contributed by atoms with Crippen LogP contribution in [0.25, 0.3) is 28.9 Å². The van der Waals surface area contributed by atoms with Gasteiger partial charge in [0, 0.05) is 24.9 Å². The Morgan fingerprint density at radius 3 is 1.34 bits per heavy atom. The van der Waals surface area contributed by atoms with E-state index in [1.807, 2.05) is 0 Å². The van der Waals surface area contributed by atoms with Crippen molar-refractivity contribution in [1.29, 1.82) is 0 Å². The minimum Gasteiger partial charge on any atom is -0.374 e. The van der Waals surface area contributed by atoms with Crippen molar-refractivity contribution in [3.05, 3.63) is 225 Å². The predicted octanol–water partition coefficient (Wildman–Crippen LogP) is 17.2. The van der Waals surface area contributed by atoms with Gasteiger partial charge >= 0.3 is 0 Å². The maximum absolute atomic E-state index is 4.92. The molecule has 0 saturated carbocycles. The van der Waals surface area contributed by atoms with E-state index in [0.29, 0.717) is 0 Å². The zero-order valence-corrected chi connectivity index (χ0v) is 43.2. The van der Waals surface area contributed by atoms with Crippen LogP contribution in [0.3, 0.4) is 0 Å². The van der Waals surface area contributed by atoms with Gasteiger partial charge in [-0.1, -0.05) is 125 Å². The smallest absolute Gasteiger partial charge is 0.0482 e. The molecule has 0 unspecified atom stereocenters. The molecular weight excluding hydrogens is 783 g/mol. The summed E-state index contributed by atoms with van der Waals surface area (Å²) in [5.41, 5.74) is 35.9. The van der Waals surface area contributed by atoms with Crippen molar-refractivity contribution >= 4 is 28.9 Å². The maximum atomic E-state index is 4.92. The van der Waals surface area contributed by atoms with Gasteiger partial charge in [0.05, 0.1) is 0 Å². The fourth-order valence-electron chi connectivity index (χ4n) is 11.4. The van der Waals surface area contributed by atoms with Gasteiger partial charge in [-0.05, 0) is 241 Å². The van der Waals surface area contributed by atoms with Crippen LogP contribution in [0.15, 0.2) is 113 Å². The Morgan fingerprint density at radius 1 is 0.508 bits per heavy atom. The van der Waals surface area contributed by atoms with Crippen LogP contribution in [-0.2, 0) is 0 Å². The average molecular weight is 858 g/mol. The predicted molar refractivity (Wildman–Crippen MR) is 288 cm³/mol. The van der Waals surface area contributed by atoms with Crippen molar-refractivity contribution in [3.63, 3.8) is 0 Å². The summed E-state index contributed by atoms with van der Waals surface area (Å²) in [4.78, 5) is 2.53. The topological polar surface area (TPSA) is 3.24 Å².